The zero-order valence-electron chi connectivity index (χ0n) is 25.7. The summed E-state index contributed by atoms with van der Waals surface area (Å²) in [5, 5.41) is 2.78. The van der Waals surface area contributed by atoms with Crippen molar-refractivity contribution in [3.63, 3.8) is 0 Å². The number of benzene rings is 4. The van der Waals surface area contributed by atoms with Gasteiger partial charge in [0.25, 0.3) is 0 Å². The molecule has 0 aliphatic rings. The molecule has 0 unspecified atom stereocenters. The van der Waals surface area contributed by atoms with E-state index in [0.29, 0.717) is 0 Å². The van der Waals surface area contributed by atoms with E-state index >= 15 is 0 Å². The van der Waals surface area contributed by atoms with Gasteiger partial charge in [0.15, 0.2) is 0 Å². The first-order chi connectivity index (χ1) is 18.1. The number of aryl methyl sites for hydroxylation is 1. The van der Waals surface area contributed by atoms with Gasteiger partial charge in [0.2, 0.25) is 0 Å². The molecule has 1 heterocycles. The zero-order chi connectivity index (χ0) is 28.3. The number of nitrogens with zero attached hydrogens (tertiary/aromatic N) is 1. The van der Waals surface area contributed by atoms with E-state index < -0.39 is 0 Å². The topological polar surface area (TPSA) is 4.93 Å². The Bertz CT molecular complexity index is 1640. The lowest BCUT2D eigenvalue weighted by Gasteiger charge is -2.27. The maximum Gasteiger partial charge on any atom is 0.0544 e. The molecule has 0 N–H and O–H groups in total. The third kappa shape index (κ3) is 5.17. The summed E-state index contributed by atoms with van der Waals surface area (Å²) in [6.45, 7) is 23.1. The number of hydrogen-bond donors (Lipinski definition) is 0. The summed E-state index contributed by atoms with van der Waals surface area (Å²) in [6.07, 6.45) is 0.923. The molecule has 0 radical (unpaired) electrons. The molecule has 0 atom stereocenters. The molecular weight excluding hydrogens is 470 g/mol. The zero-order valence-corrected chi connectivity index (χ0v) is 25.7. The van der Waals surface area contributed by atoms with Crippen LogP contribution in [0.15, 0.2) is 78.9 Å². The van der Waals surface area contributed by atoms with Gasteiger partial charge in [0.1, 0.15) is 0 Å². The molecule has 0 bridgehead atoms. The Morgan fingerprint density at radius 2 is 1.13 bits per heavy atom. The summed E-state index contributed by atoms with van der Waals surface area (Å²) >= 11 is 0. The van der Waals surface area contributed by atoms with Crippen LogP contribution in [0.2, 0.25) is 0 Å². The monoisotopic (exact) mass is 515 g/mol. The van der Waals surface area contributed by atoms with Crippen molar-refractivity contribution in [2.75, 3.05) is 0 Å². The number of hydrogen-bond acceptors (Lipinski definition) is 0. The van der Waals surface area contributed by atoms with Crippen molar-refractivity contribution in [3.05, 3.63) is 112 Å². The maximum atomic E-state index is 2.53. The lowest BCUT2D eigenvalue weighted by atomic mass is 9.80. The summed E-state index contributed by atoms with van der Waals surface area (Å²) < 4.78 is 2.53. The first-order valence-corrected chi connectivity index (χ1v) is 14.4. The van der Waals surface area contributed by atoms with Gasteiger partial charge in [-0.15, -0.1) is 0 Å². The van der Waals surface area contributed by atoms with E-state index in [2.05, 4.69) is 153 Å². The SMILES string of the molecule is Cc1cccc(Cc2cccc3c2c2c(C(C)(C)C)cccc2n3-c2cc(C(C)(C)C)cc(C(C)(C)C)c2)c1. The van der Waals surface area contributed by atoms with Crippen molar-refractivity contribution in [1.82, 2.24) is 4.57 Å². The van der Waals surface area contributed by atoms with E-state index in [-0.39, 0.29) is 16.2 Å². The molecule has 1 aromatic heterocycles. The number of rotatable bonds is 3. The van der Waals surface area contributed by atoms with E-state index in [0.717, 1.165) is 6.42 Å². The van der Waals surface area contributed by atoms with E-state index in [1.807, 2.05) is 0 Å². The molecule has 0 fully saturated rings. The second-order valence-electron chi connectivity index (χ2n) is 14.5. The highest BCUT2D eigenvalue weighted by atomic mass is 15.0. The van der Waals surface area contributed by atoms with Crippen LogP contribution >= 0.6 is 0 Å². The number of fused-ring (bicyclic) bond motifs is 3. The van der Waals surface area contributed by atoms with Crippen molar-refractivity contribution in [3.8, 4) is 5.69 Å². The molecule has 0 amide bonds. The molecule has 1 heteroatoms. The first-order valence-electron chi connectivity index (χ1n) is 14.4. The third-order valence-corrected chi connectivity index (χ3v) is 8.10. The largest absolute Gasteiger partial charge is 0.309 e. The molecule has 5 aromatic rings. The van der Waals surface area contributed by atoms with Gasteiger partial charge < -0.3 is 4.57 Å². The average molecular weight is 516 g/mol. The molecule has 4 aromatic carbocycles. The quantitative estimate of drug-likeness (QED) is 0.225. The van der Waals surface area contributed by atoms with Crippen molar-refractivity contribution in [2.45, 2.75) is 91.9 Å². The van der Waals surface area contributed by atoms with Crippen molar-refractivity contribution < 1.29 is 0 Å². The van der Waals surface area contributed by atoms with Crippen LogP contribution in [0.5, 0.6) is 0 Å². The molecule has 1 nitrogen and oxygen atoms in total. The molecule has 5 rings (SSSR count). The number of aromatic nitrogens is 1. The van der Waals surface area contributed by atoms with Crippen LogP contribution in [-0.4, -0.2) is 4.57 Å². The average Bonchev–Trinajstić information content (AvgIpc) is 3.17. The van der Waals surface area contributed by atoms with Gasteiger partial charge in [-0.3, -0.25) is 0 Å². The molecular formula is C38H45N. The minimum Gasteiger partial charge on any atom is -0.309 e. The summed E-state index contributed by atoms with van der Waals surface area (Å²) in [5.41, 5.74) is 12.2. The van der Waals surface area contributed by atoms with Crippen LogP contribution in [0.25, 0.3) is 27.5 Å². The fourth-order valence-corrected chi connectivity index (χ4v) is 5.88. The fraction of sp³-hybridized carbons (Fsp3) is 0.368. The molecule has 0 aliphatic heterocycles. The Morgan fingerprint density at radius 3 is 1.69 bits per heavy atom. The van der Waals surface area contributed by atoms with E-state index in [9.17, 15) is 0 Å². The van der Waals surface area contributed by atoms with Crippen LogP contribution in [0, 0.1) is 6.92 Å². The highest BCUT2D eigenvalue weighted by Crippen LogP contribution is 2.42. The van der Waals surface area contributed by atoms with Gasteiger partial charge in [0, 0.05) is 16.5 Å². The van der Waals surface area contributed by atoms with E-state index in [1.54, 1.807) is 0 Å². The van der Waals surface area contributed by atoms with Crippen LogP contribution in [0.1, 0.15) is 95.7 Å². The van der Waals surface area contributed by atoms with Crippen LogP contribution in [0.3, 0.4) is 0 Å². The lowest BCUT2D eigenvalue weighted by Crippen LogP contribution is -2.17. The minimum absolute atomic E-state index is 0.0267. The molecule has 0 saturated carbocycles. The predicted octanol–water partition coefficient (Wildman–Crippen LogP) is 10.6. The first kappa shape index (κ1) is 27.3. The highest BCUT2D eigenvalue weighted by Gasteiger charge is 2.26. The summed E-state index contributed by atoms with van der Waals surface area (Å²) in [7, 11) is 0. The molecule has 202 valence electrons. The van der Waals surface area contributed by atoms with Crippen LogP contribution in [-0.2, 0) is 22.7 Å². The highest BCUT2D eigenvalue weighted by molar-refractivity contribution is 6.13. The smallest absolute Gasteiger partial charge is 0.0544 e. The molecule has 39 heavy (non-hydrogen) atoms. The standard InChI is InChI=1S/C38H45N/c1-25-14-11-15-26(20-25)21-27-16-12-18-32-34(27)35-31(38(8,9)10)17-13-19-33(35)39(32)30-23-28(36(2,3)4)22-29(24-30)37(5,6)7/h11-20,22-24H,21H2,1-10H3. The second-order valence-corrected chi connectivity index (χ2v) is 14.5. The van der Waals surface area contributed by atoms with Gasteiger partial charge in [-0.25, -0.2) is 0 Å². The molecule has 0 aliphatic carbocycles. The maximum absolute atomic E-state index is 2.53. The second kappa shape index (κ2) is 9.40. The molecule has 0 saturated heterocycles. The van der Waals surface area contributed by atoms with Crippen LogP contribution < -0.4 is 0 Å². The Hall–Kier alpha value is -3.32. The van der Waals surface area contributed by atoms with Crippen LogP contribution in [0.4, 0.5) is 0 Å². The summed E-state index contributed by atoms with van der Waals surface area (Å²) in [4.78, 5) is 0. The molecule has 0 spiro atoms. The van der Waals surface area contributed by atoms with Crippen molar-refractivity contribution in [2.24, 2.45) is 0 Å². The normalized spacial score (nSPS) is 13.0. The predicted molar refractivity (Wildman–Crippen MR) is 171 cm³/mol. The van der Waals surface area contributed by atoms with Gasteiger partial charge in [0.05, 0.1) is 11.0 Å². The van der Waals surface area contributed by atoms with Gasteiger partial charge >= 0.3 is 0 Å². The summed E-state index contributed by atoms with van der Waals surface area (Å²) in [6, 6.07) is 30.0. The Balaban J connectivity index is 1.91. The van der Waals surface area contributed by atoms with Crippen molar-refractivity contribution in [1.29, 1.82) is 0 Å². The minimum atomic E-state index is 0.0267. The van der Waals surface area contributed by atoms with Gasteiger partial charge in [-0.05, 0) is 81.7 Å². The fourth-order valence-electron chi connectivity index (χ4n) is 5.88. The van der Waals surface area contributed by atoms with E-state index in [4.69, 9.17) is 0 Å². The Morgan fingerprint density at radius 1 is 0.564 bits per heavy atom. The van der Waals surface area contributed by atoms with Gasteiger partial charge in [-0.2, -0.15) is 0 Å². The van der Waals surface area contributed by atoms with Crippen molar-refractivity contribution >= 4 is 21.8 Å². The lowest BCUT2D eigenvalue weighted by molar-refractivity contribution is 0.568. The third-order valence-electron chi connectivity index (χ3n) is 8.10. The summed E-state index contributed by atoms with van der Waals surface area (Å²) in [5.74, 6) is 0. The van der Waals surface area contributed by atoms with E-state index in [1.165, 1.54) is 60.9 Å². The Labute approximate surface area is 235 Å². The Kier molecular flexibility index (Phi) is 6.57. The van der Waals surface area contributed by atoms with Gasteiger partial charge in [-0.1, -0.05) is 122 Å².